The first-order valence-electron chi connectivity index (χ1n) is 14.4. The van der Waals surface area contributed by atoms with Gasteiger partial charge in [-0.2, -0.15) is 0 Å². The summed E-state index contributed by atoms with van der Waals surface area (Å²) in [6.07, 6.45) is 6.30. The van der Waals surface area contributed by atoms with Gasteiger partial charge in [0.2, 0.25) is 7.37 Å². The van der Waals surface area contributed by atoms with Crippen molar-refractivity contribution in [2.75, 3.05) is 51.1 Å². The quantitative estimate of drug-likeness (QED) is 0.237. The van der Waals surface area contributed by atoms with Crippen molar-refractivity contribution in [1.29, 1.82) is 0 Å². The van der Waals surface area contributed by atoms with E-state index in [4.69, 9.17) is 14.0 Å². The zero-order valence-electron chi connectivity index (χ0n) is 24.8. The highest BCUT2D eigenvalue weighted by molar-refractivity contribution is 7.58. The van der Waals surface area contributed by atoms with Crippen LogP contribution in [0.3, 0.4) is 0 Å². The number of benzene rings is 2. The Hall–Kier alpha value is -1.97. The molecule has 38 heavy (non-hydrogen) atoms. The van der Waals surface area contributed by atoms with Gasteiger partial charge >= 0.3 is 0 Å². The molecule has 0 saturated carbocycles. The molecular formula is C32H50NO4P. The maximum Gasteiger partial charge on any atom is 0.200 e. The zero-order valence-corrected chi connectivity index (χ0v) is 25.7. The van der Waals surface area contributed by atoms with Crippen LogP contribution in [0.25, 0.3) is 0 Å². The Morgan fingerprint density at radius 2 is 1.82 bits per heavy atom. The third-order valence-corrected chi connectivity index (χ3v) is 9.56. The third kappa shape index (κ3) is 9.65. The van der Waals surface area contributed by atoms with Crippen LogP contribution in [0.15, 0.2) is 42.5 Å². The number of methoxy groups -OCH3 is 1. The molecule has 0 spiro atoms. The molecule has 1 aliphatic heterocycles. The molecule has 3 rings (SSSR count). The predicted molar refractivity (Wildman–Crippen MR) is 161 cm³/mol. The van der Waals surface area contributed by atoms with Gasteiger partial charge in [-0.25, -0.2) is 0 Å². The fraction of sp³-hybridized carbons (Fsp3) is 0.625. The van der Waals surface area contributed by atoms with Gasteiger partial charge < -0.3 is 18.9 Å². The van der Waals surface area contributed by atoms with E-state index in [1.807, 2.05) is 19.1 Å². The maximum atomic E-state index is 12.6. The predicted octanol–water partition coefficient (Wildman–Crippen LogP) is 8.41. The number of piperidine rings is 1. The van der Waals surface area contributed by atoms with Crippen LogP contribution in [0.2, 0.25) is 0 Å². The van der Waals surface area contributed by atoms with Gasteiger partial charge in [0.25, 0.3) is 0 Å². The SMILES string of the molecule is CCOP(C)(=O)C[C@@H](C)c1cccc(OCC2CCN(c3cc(OC)ccc3CCCC(C)(C)C)CC2)c1. The van der Waals surface area contributed by atoms with Crippen LogP contribution < -0.4 is 14.4 Å². The van der Waals surface area contributed by atoms with Crippen LogP contribution in [-0.2, 0) is 15.5 Å². The van der Waals surface area contributed by atoms with Crippen molar-refractivity contribution in [3.05, 3.63) is 53.6 Å². The fourth-order valence-corrected chi connectivity index (χ4v) is 7.24. The van der Waals surface area contributed by atoms with Gasteiger partial charge in [0.15, 0.2) is 0 Å². The van der Waals surface area contributed by atoms with Crippen LogP contribution in [0.4, 0.5) is 5.69 Å². The van der Waals surface area contributed by atoms with E-state index in [1.54, 1.807) is 13.8 Å². The average molecular weight is 544 g/mol. The molecule has 1 aliphatic rings. The highest BCUT2D eigenvalue weighted by atomic mass is 31.2. The summed E-state index contributed by atoms with van der Waals surface area (Å²) in [4.78, 5) is 2.54. The smallest absolute Gasteiger partial charge is 0.200 e. The second kappa shape index (κ2) is 13.9. The topological polar surface area (TPSA) is 48.0 Å². The molecule has 0 aromatic heterocycles. The van der Waals surface area contributed by atoms with Crippen LogP contribution in [0.5, 0.6) is 11.5 Å². The van der Waals surface area contributed by atoms with Crippen molar-refractivity contribution >= 4 is 13.1 Å². The van der Waals surface area contributed by atoms with Crippen molar-refractivity contribution in [1.82, 2.24) is 0 Å². The van der Waals surface area contributed by atoms with Gasteiger partial charge in [0, 0.05) is 37.7 Å². The molecule has 2 atom stereocenters. The summed E-state index contributed by atoms with van der Waals surface area (Å²) in [5, 5.41) is 0. The third-order valence-electron chi connectivity index (χ3n) is 7.54. The Labute approximate surface area is 231 Å². The van der Waals surface area contributed by atoms with E-state index < -0.39 is 7.37 Å². The number of ether oxygens (including phenoxy) is 2. The molecule has 0 radical (unpaired) electrons. The van der Waals surface area contributed by atoms with E-state index in [0.29, 0.717) is 24.1 Å². The molecule has 212 valence electrons. The summed E-state index contributed by atoms with van der Waals surface area (Å²) < 4.78 is 29.9. The monoisotopic (exact) mass is 543 g/mol. The van der Waals surface area contributed by atoms with E-state index in [1.165, 1.54) is 24.1 Å². The number of anilines is 1. The molecule has 1 saturated heterocycles. The summed E-state index contributed by atoms with van der Waals surface area (Å²) in [6, 6.07) is 14.8. The van der Waals surface area contributed by atoms with E-state index in [-0.39, 0.29) is 5.92 Å². The van der Waals surface area contributed by atoms with E-state index in [2.05, 4.69) is 62.9 Å². The van der Waals surface area contributed by atoms with Gasteiger partial charge in [0.05, 0.1) is 20.3 Å². The Balaban J connectivity index is 1.55. The first kappa shape index (κ1) is 30.6. The van der Waals surface area contributed by atoms with Gasteiger partial charge in [-0.05, 0) is 85.6 Å². The molecule has 0 N–H and O–H groups in total. The second-order valence-electron chi connectivity index (χ2n) is 12.2. The van der Waals surface area contributed by atoms with Gasteiger partial charge in [-0.1, -0.05) is 45.9 Å². The Bertz CT molecular complexity index is 1060. The standard InChI is InChI=1S/C32H50NO4P/c1-8-37-38(7,34)24-25(2)28-11-9-13-30(21-28)36-23-26-16-19-33(20-17-26)31-22-29(35-6)15-14-27(31)12-10-18-32(3,4)5/h9,11,13-15,21-22,25-26H,8,10,12,16-20,23-24H2,1-7H3/t25-,38?/m1/s1. The Morgan fingerprint density at radius 1 is 1.08 bits per heavy atom. The molecule has 5 nitrogen and oxygen atoms in total. The second-order valence-corrected chi connectivity index (χ2v) is 14.9. The lowest BCUT2D eigenvalue weighted by atomic mass is 9.88. The lowest BCUT2D eigenvalue weighted by Gasteiger charge is -2.35. The molecule has 2 aromatic carbocycles. The highest BCUT2D eigenvalue weighted by Gasteiger charge is 2.23. The van der Waals surface area contributed by atoms with Gasteiger partial charge in [0.1, 0.15) is 11.5 Å². The number of aryl methyl sites for hydroxylation is 1. The minimum absolute atomic E-state index is 0.157. The average Bonchev–Trinajstić information content (AvgIpc) is 2.87. The summed E-state index contributed by atoms with van der Waals surface area (Å²) in [6.45, 7) is 16.0. The molecule has 0 amide bonds. The lowest BCUT2D eigenvalue weighted by molar-refractivity contribution is 0.222. The first-order chi connectivity index (χ1) is 18.0. The molecule has 1 fully saturated rings. The number of hydrogen-bond donors (Lipinski definition) is 0. The summed E-state index contributed by atoms with van der Waals surface area (Å²) >= 11 is 0. The van der Waals surface area contributed by atoms with Crippen LogP contribution in [0.1, 0.15) is 77.3 Å². The first-order valence-corrected chi connectivity index (χ1v) is 16.6. The summed E-state index contributed by atoms with van der Waals surface area (Å²) in [7, 11) is -0.827. The minimum Gasteiger partial charge on any atom is -0.497 e. The van der Waals surface area contributed by atoms with Crippen molar-refractivity contribution in [2.45, 2.75) is 72.6 Å². The molecular weight excluding hydrogens is 493 g/mol. The van der Waals surface area contributed by atoms with Crippen LogP contribution >= 0.6 is 7.37 Å². The van der Waals surface area contributed by atoms with Crippen LogP contribution in [-0.4, -0.2) is 46.2 Å². The maximum absolute atomic E-state index is 12.6. The highest BCUT2D eigenvalue weighted by Crippen LogP contribution is 2.46. The Kier molecular flexibility index (Phi) is 11.2. The van der Waals surface area contributed by atoms with Crippen molar-refractivity contribution in [3.8, 4) is 11.5 Å². The molecule has 1 heterocycles. The van der Waals surface area contributed by atoms with Crippen molar-refractivity contribution < 1.29 is 18.6 Å². The summed E-state index contributed by atoms with van der Waals surface area (Å²) in [5.41, 5.74) is 4.27. The normalized spacial score (nSPS) is 17.2. The number of rotatable bonds is 13. The van der Waals surface area contributed by atoms with Crippen LogP contribution in [0, 0.1) is 11.3 Å². The molecule has 0 bridgehead atoms. The Morgan fingerprint density at radius 3 is 2.47 bits per heavy atom. The number of hydrogen-bond acceptors (Lipinski definition) is 5. The molecule has 1 unspecified atom stereocenters. The fourth-order valence-electron chi connectivity index (χ4n) is 5.38. The molecule has 0 aliphatic carbocycles. The minimum atomic E-state index is -2.57. The van der Waals surface area contributed by atoms with E-state index in [9.17, 15) is 4.57 Å². The van der Waals surface area contributed by atoms with E-state index in [0.717, 1.165) is 56.0 Å². The van der Waals surface area contributed by atoms with E-state index >= 15 is 0 Å². The van der Waals surface area contributed by atoms with Gasteiger partial charge in [-0.15, -0.1) is 0 Å². The lowest BCUT2D eigenvalue weighted by Crippen LogP contribution is -2.36. The largest absolute Gasteiger partial charge is 0.497 e. The van der Waals surface area contributed by atoms with Crippen molar-refractivity contribution in [3.63, 3.8) is 0 Å². The number of nitrogens with zero attached hydrogens (tertiary/aromatic N) is 1. The molecule has 6 heteroatoms. The zero-order chi connectivity index (χ0) is 27.8. The van der Waals surface area contributed by atoms with Crippen molar-refractivity contribution in [2.24, 2.45) is 11.3 Å². The summed E-state index contributed by atoms with van der Waals surface area (Å²) in [5.74, 6) is 2.52. The molecule has 2 aromatic rings. The van der Waals surface area contributed by atoms with Gasteiger partial charge in [-0.3, -0.25) is 4.57 Å².